The van der Waals surface area contributed by atoms with E-state index in [9.17, 15) is 5.11 Å². The van der Waals surface area contributed by atoms with Crippen LogP contribution in [-0.4, -0.2) is 16.2 Å². The molecule has 1 aromatic rings. The molecule has 0 aromatic carbocycles. The molecular weight excluding hydrogens is 222 g/mol. The molecule has 16 heavy (non-hydrogen) atoms. The van der Waals surface area contributed by atoms with Gasteiger partial charge in [0, 0.05) is 12.4 Å². The van der Waals surface area contributed by atoms with Gasteiger partial charge in [0.05, 0.1) is 11.1 Å². The maximum atomic E-state index is 10.0. The molecule has 0 aliphatic heterocycles. The molecule has 0 spiro atoms. The monoisotopic (exact) mass is 239 g/mol. The molecule has 3 heteroatoms. The third-order valence-electron chi connectivity index (χ3n) is 3.46. The summed E-state index contributed by atoms with van der Waals surface area (Å²) in [6.07, 6.45) is 9.84. The second-order valence-corrected chi connectivity index (χ2v) is 5.04. The van der Waals surface area contributed by atoms with Gasteiger partial charge in [-0.3, -0.25) is 4.98 Å². The SMILES string of the molecule is OC1CCCCCC1Cc1ccncc1Cl. The molecule has 0 amide bonds. The lowest BCUT2D eigenvalue weighted by molar-refractivity contribution is 0.101. The first-order chi connectivity index (χ1) is 7.77. The smallest absolute Gasteiger partial charge is 0.0621 e. The fourth-order valence-electron chi connectivity index (χ4n) is 2.45. The molecule has 88 valence electrons. The molecule has 1 heterocycles. The first kappa shape index (κ1) is 11.9. The summed E-state index contributed by atoms with van der Waals surface area (Å²) in [6, 6.07) is 1.96. The van der Waals surface area contributed by atoms with E-state index >= 15 is 0 Å². The van der Waals surface area contributed by atoms with E-state index in [0.717, 1.165) is 36.3 Å². The molecular formula is C13H18ClNO. The highest BCUT2D eigenvalue weighted by atomic mass is 35.5. The van der Waals surface area contributed by atoms with Crippen LogP contribution in [0, 0.1) is 5.92 Å². The maximum absolute atomic E-state index is 10.0. The predicted molar refractivity (Wildman–Crippen MR) is 65.5 cm³/mol. The van der Waals surface area contributed by atoms with E-state index in [-0.39, 0.29) is 6.10 Å². The van der Waals surface area contributed by atoms with Crippen molar-refractivity contribution < 1.29 is 5.11 Å². The van der Waals surface area contributed by atoms with E-state index in [1.807, 2.05) is 6.07 Å². The molecule has 2 rings (SSSR count). The average molecular weight is 240 g/mol. The van der Waals surface area contributed by atoms with Gasteiger partial charge in [0.15, 0.2) is 0 Å². The van der Waals surface area contributed by atoms with Gasteiger partial charge >= 0.3 is 0 Å². The molecule has 1 saturated carbocycles. The Bertz CT molecular complexity index is 342. The third kappa shape index (κ3) is 2.96. The first-order valence-electron chi connectivity index (χ1n) is 6.04. The summed E-state index contributed by atoms with van der Waals surface area (Å²) in [5.41, 5.74) is 1.11. The summed E-state index contributed by atoms with van der Waals surface area (Å²) in [5.74, 6) is 0.363. The van der Waals surface area contributed by atoms with Gasteiger partial charge in [-0.05, 0) is 36.8 Å². The number of pyridine rings is 1. The topological polar surface area (TPSA) is 33.1 Å². The fraction of sp³-hybridized carbons (Fsp3) is 0.615. The van der Waals surface area contributed by atoms with Crippen LogP contribution in [0.4, 0.5) is 0 Å². The summed E-state index contributed by atoms with van der Waals surface area (Å²) in [7, 11) is 0. The summed E-state index contributed by atoms with van der Waals surface area (Å²) >= 11 is 6.09. The summed E-state index contributed by atoms with van der Waals surface area (Å²) in [6.45, 7) is 0. The van der Waals surface area contributed by atoms with Gasteiger partial charge in [-0.1, -0.05) is 30.9 Å². The van der Waals surface area contributed by atoms with Crippen molar-refractivity contribution in [3.63, 3.8) is 0 Å². The second-order valence-electron chi connectivity index (χ2n) is 4.64. The number of rotatable bonds is 2. The van der Waals surface area contributed by atoms with Gasteiger partial charge in [0.25, 0.3) is 0 Å². The molecule has 1 N–H and O–H groups in total. The number of hydrogen-bond donors (Lipinski definition) is 1. The van der Waals surface area contributed by atoms with E-state index in [4.69, 9.17) is 11.6 Å². The van der Waals surface area contributed by atoms with E-state index in [1.54, 1.807) is 12.4 Å². The number of aliphatic hydroxyl groups is 1. The van der Waals surface area contributed by atoms with Crippen LogP contribution in [0.15, 0.2) is 18.5 Å². The maximum Gasteiger partial charge on any atom is 0.0621 e. The van der Waals surface area contributed by atoms with Gasteiger partial charge in [0.2, 0.25) is 0 Å². The minimum Gasteiger partial charge on any atom is -0.393 e. The Morgan fingerprint density at radius 2 is 2.12 bits per heavy atom. The van der Waals surface area contributed by atoms with Gasteiger partial charge in [0.1, 0.15) is 0 Å². The van der Waals surface area contributed by atoms with Crippen molar-refractivity contribution in [2.45, 2.75) is 44.6 Å². The van der Waals surface area contributed by atoms with Crippen molar-refractivity contribution in [1.29, 1.82) is 0 Å². The zero-order chi connectivity index (χ0) is 11.4. The highest BCUT2D eigenvalue weighted by molar-refractivity contribution is 6.31. The van der Waals surface area contributed by atoms with Gasteiger partial charge in [-0.2, -0.15) is 0 Å². The zero-order valence-electron chi connectivity index (χ0n) is 9.40. The minimum absolute atomic E-state index is 0.160. The quantitative estimate of drug-likeness (QED) is 0.804. The molecule has 1 aliphatic rings. The number of halogens is 1. The molecule has 0 radical (unpaired) electrons. The van der Waals surface area contributed by atoms with Crippen molar-refractivity contribution in [2.75, 3.05) is 0 Å². The van der Waals surface area contributed by atoms with Crippen LogP contribution in [0.5, 0.6) is 0 Å². The summed E-state index contributed by atoms with van der Waals surface area (Å²) in [5, 5.41) is 10.8. The fourth-order valence-corrected chi connectivity index (χ4v) is 2.65. The average Bonchev–Trinajstić information content (AvgIpc) is 2.48. The molecule has 1 aromatic heterocycles. The highest BCUT2D eigenvalue weighted by Gasteiger charge is 2.22. The minimum atomic E-state index is -0.160. The van der Waals surface area contributed by atoms with Crippen LogP contribution in [0.25, 0.3) is 0 Å². The van der Waals surface area contributed by atoms with Gasteiger partial charge < -0.3 is 5.11 Å². The molecule has 1 fully saturated rings. The van der Waals surface area contributed by atoms with E-state index in [2.05, 4.69) is 4.98 Å². The number of hydrogen-bond acceptors (Lipinski definition) is 2. The first-order valence-corrected chi connectivity index (χ1v) is 6.41. The van der Waals surface area contributed by atoms with Crippen LogP contribution in [0.1, 0.15) is 37.7 Å². The number of aliphatic hydroxyl groups excluding tert-OH is 1. The molecule has 0 bridgehead atoms. The zero-order valence-corrected chi connectivity index (χ0v) is 10.2. The second kappa shape index (κ2) is 5.65. The number of aromatic nitrogens is 1. The van der Waals surface area contributed by atoms with Crippen molar-refractivity contribution >= 4 is 11.6 Å². The molecule has 1 aliphatic carbocycles. The van der Waals surface area contributed by atoms with Crippen molar-refractivity contribution in [3.05, 3.63) is 29.0 Å². The Morgan fingerprint density at radius 1 is 1.31 bits per heavy atom. The Morgan fingerprint density at radius 3 is 2.94 bits per heavy atom. The predicted octanol–water partition coefficient (Wildman–Crippen LogP) is 3.22. The normalized spacial score (nSPS) is 26.4. The van der Waals surface area contributed by atoms with Crippen LogP contribution >= 0.6 is 11.6 Å². The molecule has 2 unspecified atom stereocenters. The Kier molecular flexibility index (Phi) is 4.19. The van der Waals surface area contributed by atoms with Crippen LogP contribution in [-0.2, 0) is 6.42 Å². The van der Waals surface area contributed by atoms with Crippen LogP contribution in [0.2, 0.25) is 5.02 Å². The lowest BCUT2D eigenvalue weighted by Crippen LogP contribution is -2.21. The molecule has 2 nitrogen and oxygen atoms in total. The summed E-state index contributed by atoms with van der Waals surface area (Å²) < 4.78 is 0. The van der Waals surface area contributed by atoms with Gasteiger partial charge in [-0.15, -0.1) is 0 Å². The molecule has 2 atom stereocenters. The van der Waals surface area contributed by atoms with E-state index in [0.29, 0.717) is 5.92 Å². The lowest BCUT2D eigenvalue weighted by atomic mass is 9.90. The van der Waals surface area contributed by atoms with E-state index in [1.165, 1.54) is 12.8 Å². The standard InChI is InChI=1S/C13H18ClNO/c14-12-9-15-7-6-10(12)8-11-4-2-1-3-5-13(11)16/h6-7,9,11,13,16H,1-5,8H2. The largest absolute Gasteiger partial charge is 0.393 e. The Hall–Kier alpha value is -0.600. The summed E-state index contributed by atoms with van der Waals surface area (Å²) in [4.78, 5) is 3.98. The Balaban J connectivity index is 2.05. The van der Waals surface area contributed by atoms with E-state index < -0.39 is 0 Å². The van der Waals surface area contributed by atoms with Gasteiger partial charge in [-0.25, -0.2) is 0 Å². The molecule has 0 saturated heterocycles. The van der Waals surface area contributed by atoms with Crippen LogP contribution < -0.4 is 0 Å². The highest BCUT2D eigenvalue weighted by Crippen LogP contribution is 2.28. The van der Waals surface area contributed by atoms with Crippen LogP contribution in [0.3, 0.4) is 0 Å². The van der Waals surface area contributed by atoms with Crippen molar-refractivity contribution in [2.24, 2.45) is 5.92 Å². The third-order valence-corrected chi connectivity index (χ3v) is 3.80. The van der Waals surface area contributed by atoms with Crippen molar-refractivity contribution in [1.82, 2.24) is 4.98 Å². The van der Waals surface area contributed by atoms with Crippen molar-refractivity contribution in [3.8, 4) is 0 Å². The number of nitrogens with zero attached hydrogens (tertiary/aromatic N) is 1. The lowest BCUT2D eigenvalue weighted by Gasteiger charge is -2.20. The Labute approximate surface area is 102 Å².